The Morgan fingerprint density at radius 1 is 1.50 bits per heavy atom. The first-order valence-corrected chi connectivity index (χ1v) is 3.62. The zero-order valence-corrected chi connectivity index (χ0v) is 6.56. The lowest BCUT2D eigenvalue weighted by molar-refractivity contribution is 0.630. The van der Waals surface area contributed by atoms with Crippen molar-refractivity contribution in [3.63, 3.8) is 0 Å². The van der Waals surface area contributed by atoms with E-state index in [1.54, 1.807) is 13.1 Å². The van der Waals surface area contributed by atoms with Gasteiger partial charge in [0, 0.05) is 12.4 Å². The summed E-state index contributed by atoms with van der Waals surface area (Å²) in [6.07, 6.45) is 0. The fourth-order valence-electron chi connectivity index (χ4n) is 1.18. The Morgan fingerprint density at radius 3 is 3.08 bits per heavy atom. The van der Waals surface area contributed by atoms with Crippen molar-refractivity contribution in [2.24, 2.45) is 0 Å². The molecule has 0 aliphatic rings. The number of benzene rings is 1. The van der Waals surface area contributed by atoms with Gasteiger partial charge in [-0.05, 0) is 18.2 Å². The molecule has 1 heterocycles. The number of fused-ring (bicyclic) bond motifs is 1. The van der Waals surface area contributed by atoms with Crippen molar-refractivity contribution >= 4 is 16.7 Å². The monoisotopic (exact) mass is 165 g/mol. The molecule has 1 aromatic heterocycles. The standard InChI is InChI=1S/C8H8FN3/c1-10-8-6-4-5(9)2-3-7(6)11-12-8/h2-4H,1H3,(H2,10,11,12). The van der Waals surface area contributed by atoms with Crippen molar-refractivity contribution < 1.29 is 4.39 Å². The van der Waals surface area contributed by atoms with E-state index in [-0.39, 0.29) is 5.82 Å². The summed E-state index contributed by atoms with van der Waals surface area (Å²) in [5.74, 6) is 0.421. The van der Waals surface area contributed by atoms with Crippen molar-refractivity contribution in [3.05, 3.63) is 24.0 Å². The summed E-state index contributed by atoms with van der Waals surface area (Å²) in [4.78, 5) is 0. The zero-order chi connectivity index (χ0) is 8.55. The molecule has 4 heteroatoms. The maximum Gasteiger partial charge on any atom is 0.155 e. The van der Waals surface area contributed by atoms with Crippen molar-refractivity contribution in [1.82, 2.24) is 10.2 Å². The maximum atomic E-state index is 12.8. The van der Waals surface area contributed by atoms with Crippen LogP contribution in [0.1, 0.15) is 0 Å². The van der Waals surface area contributed by atoms with Crippen molar-refractivity contribution in [1.29, 1.82) is 0 Å². The minimum atomic E-state index is -0.250. The fraction of sp³-hybridized carbons (Fsp3) is 0.125. The molecule has 1 aromatic carbocycles. The van der Waals surface area contributed by atoms with Gasteiger partial charge in [-0.2, -0.15) is 5.10 Å². The average Bonchev–Trinajstić information content (AvgIpc) is 2.46. The van der Waals surface area contributed by atoms with Gasteiger partial charge in [0.2, 0.25) is 0 Å². The smallest absolute Gasteiger partial charge is 0.155 e. The van der Waals surface area contributed by atoms with Gasteiger partial charge in [0.05, 0.1) is 5.52 Å². The topological polar surface area (TPSA) is 40.7 Å². The van der Waals surface area contributed by atoms with Gasteiger partial charge in [-0.1, -0.05) is 0 Å². The van der Waals surface area contributed by atoms with E-state index in [1.165, 1.54) is 12.1 Å². The Bertz CT molecular complexity index is 408. The number of H-pyrrole nitrogens is 1. The Hall–Kier alpha value is -1.58. The Balaban J connectivity index is 2.75. The van der Waals surface area contributed by atoms with E-state index in [9.17, 15) is 4.39 Å². The molecule has 62 valence electrons. The summed E-state index contributed by atoms with van der Waals surface area (Å²) in [5, 5.41) is 10.4. The minimum absolute atomic E-state index is 0.250. The molecule has 12 heavy (non-hydrogen) atoms. The molecule has 0 unspecified atom stereocenters. The number of nitrogens with zero attached hydrogens (tertiary/aromatic N) is 1. The SMILES string of the molecule is CNc1n[nH]c2ccc(F)cc12. The van der Waals surface area contributed by atoms with Gasteiger partial charge in [0.15, 0.2) is 5.82 Å². The molecule has 0 amide bonds. The maximum absolute atomic E-state index is 12.8. The second-order valence-corrected chi connectivity index (χ2v) is 2.51. The molecule has 0 spiro atoms. The number of aromatic nitrogens is 2. The number of hydrogen-bond acceptors (Lipinski definition) is 2. The van der Waals surface area contributed by atoms with E-state index in [4.69, 9.17) is 0 Å². The van der Waals surface area contributed by atoms with Crippen LogP contribution in [0.5, 0.6) is 0 Å². The Kier molecular flexibility index (Phi) is 1.46. The van der Waals surface area contributed by atoms with E-state index >= 15 is 0 Å². The van der Waals surface area contributed by atoms with E-state index in [2.05, 4.69) is 15.5 Å². The normalized spacial score (nSPS) is 10.5. The molecule has 0 aliphatic heterocycles. The van der Waals surface area contributed by atoms with Crippen molar-refractivity contribution in [2.45, 2.75) is 0 Å². The molecule has 2 N–H and O–H groups in total. The molecule has 3 nitrogen and oxygen atoms in total. The van der Waals surface area contributed by atoms with Crippen LogP contribution in [0.15, 0.2) is 18.2 Å². The van der Waals surface area contributed by atoms with Crippen LogP contribution in [-0.4, -0.2) is 17.2 Å². The van der Waals surface area contributed by atoms with Crippen LogP contribution in [0.2, 0.25) is 0 Å². The zero-order valence-electron chi connectivity index (χ0n) is 6.56. The number of aromatic amines is 1. The van der Waals surface area contributed by atoms with Crippen LogP contribution in [-0.2, 0) is 0 Å². The van der Waals surface area contributed by atoms with Gasteiger partial charge in [-0.25, -0.2) is 4.39 Å². The highest BCUT2D eigenvalue weighted by Gasteiger charge is 2.03. The third kappa shape index (κ3) is 0.922. The first kappa shape index (κ1) is 7.09. The van der Waals surface area contributed by atoms with Gasteiger partial charge in [-0.15, -0.1) is 0 Å². The molecular formula is C8H8FN3. The highest BCUT2D eigenvalue weighted by atomic mass is 19.1. The van der Waals surface area contributed by atoms with Crippen molar-refractivity contribution in [3.8, 4) is 0 Å². The second-order valence-electron chi connectivity index (χ2n) is 2.51. The number of anilines is 1. The summed E-state index contributed by atoms with van der Waals surface area (Å²) >= 11 is 0. The molecule has 0 atom stereocenters. The molecule has 2 rings (SSSR count). The first-order chi connectivity index (χ1) is 5.81. The molecule has 0 aliphatic carbocycles. The fourth-order valence-corrected chi connectivity index (χ4v) is 1.18. The lowest BCUT2D eigenvalue weighted by Crippen LogP contribution is -1.87. The number of hydrogen-bond donors (Lipinski definition) is 2. The van der Waals surface area contributed by atoms with Gasteiger partial charge >= 0.3 is 0 Å². The summed E-state index contributed by atoms with van der Waals surface area (Å²) in [7, 11) is 1.75. The predicted molar refractivity (Wildman–Crippen MR) is 45.6 cm³/mol. The molecular weight excluding hydrogens is 157 g/mol. The molecule has 0 fully saturated rings. The van der Waals surface area contributed by atoms with Crippen molar-refractivity contribution in [2.75, 3.05) is 12.4 Å². The van der Waals surface area contributed by atoms with Crippen LogP contribution in [0.4, 0.5) is 10.2 Å². The largest absolute Gasteiger partial charge is 0.371 e. The Labute approximate surface area is 68.6 Å². The summed E-state index contributed by atoms with van der Waals surface area (Å²) < 4.78 is 12.8. The average molecular weight is 165 g/mol. The third-order valence-electron chi connectivity index (χ3n) is 1.76. The molecule has 0 saturated carbocycles. The minimum Gasteiger partial charge on any atom is -0.371 e. The van der Waals surface area contributed by atoms with Gasteiger partial charge in [0.25, 0.3) is 0 Å². The summed E-state index contributed by atoms with van der Waals surface area (Å²) in [5.41, 5.74) is 0.834. The van der Waals surface area contributed by atoms with Gasteiger partial charge in [-0.3, -0.25) is 5.10 Å². The summed E-state index contributed by atoms with van der Waals surface area (Å²) in [6, 6.07) is 4.52. The quantitative estimate of drug-likeness (QED) is 0.675. The highest BCUT2D eigenvalue weighted by Crippen LogP contribution is 2.20. The lowest BCUT2D eigenvalue weighted by atomic mass is 10.2. The third-order valence-corrected chi connectivity index (χ3v) is 1.76. The van der Waals surface area contributed by atoms with Crippen LogP contribution in [0, 0.1) is 5.82 Å². The van der Waals surface area contributed by atoms with Crippen LogP contribution < -0.4 is 5.32 Å². The van der Waals surface area contributed by atoms with Crippen LogP contribution >= 0.6 is 0 Å². The number of nitrogens with one attached hydrogen (secondary N) is 2. The summed E-state index contributed by atoms with van der Waals surface area (Å²) in [6.45, 7) is 0. The van der Waals surface area contributed by atoms with Crippen LogP contribution in [0.3, 0.4) is 0 Å². The molecule has 0 radical (unpaired) electrons. The number of rotatable bonds is 1. The first-order valence-electron chi connectivity index (χ1n) is 3.62. The lowest BCUT2D eigenvalue weighted by Gasteiger charge is -1.93. The molecule has 0 bridgehead atoms. The molecule has 2 aromatic rings. The Morgan fingerprint density at radius 2 is 2.33 bits per heavy atom. The predicted octanol–water partition coefficient (Wildman–Crippen LogP) is 1.74. The highest BCUT2D eigenvalue weighted by molar-refractivity contribution is 5.89. The number of halogens is 1. The second kappa shape index (κ2) is 2.48. The van der Waals surface area contributed by atoms with Gasteiger partial charge < -0.3 is 5.32 Å². The van der Waals surface area contributed by atoms with Gasteiger partial charge in [0.1, 0.15) is 5.82 Å². The van der Waals surface area contributed by atoms with Crippen LogP contribution in [0.25, 0.3) is 10.9 Å². The van der Waals surface area contributed by atoms with E-state index in [0.717, 1.165) is 10.9 Å². The van der Waals surface area contributed by atoms with E-state index < -0.39 is 0 Å². The van der Waals surface area contributed by atoms with E-state index in [1.807, 2.05) is 0 Å². The van der Waals surface area contributed by atoms with E-state index in [0.29, 0.717) is 5.82 Å². The molecule has 0 saturated heterocycles.